The van der Waals surface area contributed by atoms with E-state index in [0.29, 0.717) is 10.6 Å². The van der Waals surface area contributed by atoms with Crippen molar-refractivity contribution < 1.29 is 9.59 Å². The second kappa shape index (κ2) is 12.0. The first kappa shape index (κ1) is 25.6. The number of fused-ring (bicyclic) bond motifs is 1. The highest BCUT2D eigenvalue weighted by molar-refractivity contribution is 6.30. The summed E-state index contributed by atoms with van der Waals surface area (Å²) in [4.78, 5) is 32.6. The van der Waals surface area contributed by atoms with Crippen molar-refractivity contribution in [1.29, 1.82) is 0 Å². The Morgan fingerprint density at radius 3 is 2.38 bits per heavy atom. The maximum atomic E-state index is 12.6. The number of nitrogens with one attached hydrogen (secondary N) is 3. The first-order valence-corrected chi connectivity index (χ1v) is 12.4. The third-order valence-electron chi connectivity index (χ3n) is 5.90. The molecule has 0 aliphatic rings. The van der Waals surface area contributed by atoms with Gasteiger partial charge in [-0.1, -0.05) is 60.1 Å². The van der Waals surface area contributed by atoms with Crippen LogP contribution in [-0.2, 0) is 11.2 Å². The molecular formula is C30H23ClN6O2. The van der Waals surface area contributed by atoms with E-state index >= 15 is 0 Å². The van der Waals surface area contributed by atoms with Gasteiger partial charge in [-0.3, -0.25) is 14.6 Å². The topological polar surface area (TPSA) is 112 Å². The maximum absolute atomic E-state index is 12.6. The highest BCUT2D eigenvalue weighted by atomic mass is 35.5. The molecule has 0 aliphatic heterocycles. The summed E-state index contributed by atoms with van der Waals surface area (Å²) in [7, 11) is 0. The molecule has 0 fully saturated rings. The van der Waals surface area contributed by atoms with E-state index in [9.17, 15) is 9.59 Å². The third-order valence-corrected chi connectivity index (χ3v) is 6.16. The van der Waals surface area contributed by atoms with E-state index in [1.165, 1.54) is 6.20 Å². The Labute approximate surface area is 229 Å². The number of carbonyl (C=O) groups is 2. The number of nitrogens with zero attached hydrogens (tertiary/aromatic N) is 3. The molecule has 9 heteroatoms. The first-order chi connectivity index (χ1) is 19.0. The van der Waals surface area contributed by atoms with Crippen LogP contribution in [0.2, 0.25) is 5.02 Å². The van der Waals surface area contributed by atoms with Gasteiger partial charge in [0.05, 0.1) is 24.4 Å². The zero-order valence-electron chi connectivity index (χ0n) is 20.6. The molecule has 5 rings (SSSR count). The standard InChI is InChI=1S/C30H23ClN6O2/c31-26-9-6-21(7-10-26)16-34-36-29(38)14-24-19-33-28-11-8-22(13-27(24)28)23-12-25(18-32-17-23)30(39)37-35-15-20-4-2-1-3-5-20/h1-13,15-19,33H,14H2,(H,36,38)(H,37,39)/b34-16+,35-15+. The average molecular weight is 535 g/mol. The van der Waals surface area contributed by atoms with Crippen molar-refractivity contribution in [3.63, 3.8) is 0 Å². The first-order valence-electron chi connectivity index (χ1n) is 12.1. The number of aromatic amines is 1. The fraction of sp³-hybridized carbons (Fsp3) is 0.0333. The molecule has 2 aromatic heterocycles. The summed E-state index contributed by atoms with van der Waals surface area (Å²) in [5.74, 6) is -0.612. The summed E-state index contributed by atoms with van der Waals surface area (Å²) in [5, 5.41) is 9.58. The number of halogens is 1. The number of hydrogen-bond acceptors (Lipinski definition) is 5. The Kier molecular flexibility index (Phi) is 7.85. The summed E-state index contributed by atoms with van der Waals surface area (Å²) in [6.07, 6.45) is 8.27. The summed E-state index contributed by atoms with van der Waals surface area (Å²) in [5.41, 5.74) is 10.5. The highest BCUT2D eigenvalue weighted by Crippen LogP contribution is 2.27. The summed E-state index contributed by atoms with van der Waals surface area (Å²) < 4.78 is 0. The van der Waals surface area contributed by atoms with Crippen LogP contribution in [0.25, 0.3) is 22.0 Å². The van der Waals surface area contributed by atoms with Gasteiger partial charge >= 0.3 is 0 Å². The fourth-order valence-corrected chi connectivity index (χ4v) is 4.06. The van der Waals surface area contributed by atoms with Gasteiger partial charge in [-0.25, -0.2) is 10.9 Å². The normalized spacial score (nSPS) is 11.3. The van der Waals surface area contributed by atoms with E-state index in [1.807, 2.05) is 66.9 Å². The molecule has 192 valence electrons. The van der Waals surface area contributed by atoms with Crippen LogP contribution < -0.4 is 10.9 Å². The molecule has 0 atom stereocenters. The largest absolute Gasteiger partial charge is 0.361 e. The molecule has 0 radical (unpaired) electrons. The van der Waals surface area contributed by atoms with Gasteiger partial charge in [0, 0.05) is 40.1 Å². The molecule has 0 spiro atoms. The number of benzene rings is 3. The predicted octanol–water partition coefficient (Wildman–Crippen LogP) is 5.34. The smallest absolute Gasteiger partial charge is 0.272 e. The Balaban J connectivity index is 1.27. The number of pyridine rings is 1. The minimum absolute atomic E-state index is 0.140. The van der Waals surface area contributed by atoms with Crippen LogP contribution in [0, 0.1) is 0 Å². The van der Waals surface area contributed by atoms with Gasteiger partial charge in [0.15, 0.2) is 0 Å². The fourth-order valence-electron chi connectivity index (χ4n) is 3.94. The molecule has 0 bridgehead atoms. The Morgan fingerprint density at radius 2 is 1.59 bits per heavy atom. The van der Waals surface area contributed by atoms with Gasteiger partial charge in [0.1, 0.15) is 0 Å². The number of rotatable bonds is 8. The Bertz CT molecular complexity index is 1680. The summed E-state index contributed by atoms with van der Waals surface area (Å²) in [6.45, 7) is 0. The number of H-pyrrole nitrogens is 1. The lowest BCUT2D eigenvalue weighted by atomic mass is 10.0. The molecule has 3 N–H and O–H groups in total. The van der Waals surface area contributed by atoms with Crippen molar-refractivity contribution in [3.05, 3.63) is 125 Å². The third kappa shape index (κ3) is 6.63. The van der Waals surface area contributed by atoms with E-state index in [4.69, 9.17) is 11.6 Å². The van der Waals surface area contributed by atoms with Crippen LogP contribution >= 0.6 is 11.6 Å². The molecule has 8 nitrogen and oxygen atoms in total. The predicted molar refractivity (Wildman–Crippen MR) is 154 cm³/mol. The molecule has 5 aromatic rings. The van der Waals surface area contributed by atoms with Gasteiger partial charge in [-0.15, -0.1) is 0 Å². The van der Waals surface area contributed by atoms with Crippen molar-refractivity contribution in [2.45, 2.75) is 6.42 Å². The molecule has 2 heterocycles. The van der Waals surface area contributed by atoms with E-state index in [1.54, 1.807) is 36.8 Å². The van der Waals surface area contributed by atoms with Crippen molar-refractivity contribution in [1.82, 2.24) is 20.8 Å². The van der Waals surface area contributed by atoms with Crippen LogP contribution in [-0.4, -0.2) is 34.2 Å². The zero-order valence-corrected chi connectivity index (χ0v) is 21.4. The molecule has 0 unspecified atom stereocenters. The van der Waals surface area contributed by atoms with Crippen LogP contribution in [0.5, 0.6) is 0 Å². The minimum Gasteiger partial charge on any atom is -0.361 e. The van der Waals surface area contributed by atoms with Crippen LogP contribution in [0.3, 0.4) is 0 Å². The van der Waals surface area contributed by atoms with Crippen molar-refractivity contribution in [3.8, 4) is 11.1 Å². The van der Waals surface area contributed by atoms with Crippen LogP contribution in [0.4, 0.5) is 0 Å². The molecule has 2 amide bonds. The molecule has 39 heavy (non-hydrogen) atoms. The second-order valence-electron chi connectivity index (χ2n) is 8.67. The van der Waals surface area contributed by atoms with Gasteiger partial charge in [-0.2, -0.15) is 10.2 Å². The lowest BCUT2D eigenvalue weighted by Crippen LogP contribution is -2.19. The van der Waals surface area contributed by atoms with Crippen molar-refractivity contribution in [2.75, 3.05) is 0 Å². The number of aromatic nitrogens is 2. The summed E-state index contributed by atoms with van der Waals surface area (Å²) in [6, 6.07) is 24.2. The quantitative estimate of drug-likeness (QED) is 0.184. The number of carbonyl (C=O) groups excluding carboxylic acids is 2. The van der Waals surface area contributed by atoms with E-state index in [2.05, 4.69) is 31.0 Å². The van der Waals surface area contributed by atoms with Crippen molar-refractivity contribution in [2.24, 2.45) is 10.2 Å². The second-order valence-corrected chi connectivity index (χ2v) is 9.10. The SMILES string of the molecule is O=C(Cc1c[nH]c2ccc(-c3cncc(C(=O)N/N=C/c4ccccc4)c3)cc12)N/N=C/c1ccc(Cl)cc1. The van der Waals surface area contributed by atoms with Gasteiger partial charge < -0.3 is 4.98 Å². The average Bonchev–Trinajstić information content (AvgIpc) is 3.36. The Morgan fingerprint density at radius 1 is 0.846 bits per heavy atom. The molecule has 0 saturated carbocycles. The lowest BCUT2D eigenvalue weighted by Gasteiger charge is -2.06. The maximum Gasteiger partial charge on any atom is 0.272 e. The monoisotopic (exact) mass is 534 g/mol. The van der Waals surface area contributed by atoms with Crippen LogP contribution in [0.1, 0.15) is 27.0 Å². The van der Waals surface area contributed by atoms with Gasteiger partial charge in [-0.05, 0) is 52.6 Å². The molecular weight excluding hydrogens is 512 g/mol. The van der Waals surface area contributed by atoms with E-state index < -0.39 is 0 Å². The molecule has 3 aromatic carbocycles. The highest BCUT2D eigenvalue weighted by Gasteiger charge is 2.12. The van der Waals surface area contributed by atoms with E-state index in [-0.39, 0.29) is 18.2 Å². The lowest BCUT2D eigenvalue weighted by molar-refractivity contribution is -0.120. The number of amides is 2. The Hall–Kier alpha value is -5.08. The van der Waals surface area contributed by atoms with Gasteiger partial charge in [0.2, 0.25) is 5.91 Å². The molecule has 0 aliphatic carbocycles. The van der Waals surface area contributed by atoms with Crippen LogP contribution in [0.15, 0.2) is 108 Å². The number of hydrogen-bond donors (Lipinski definition) is 3. The molecule has 0 saturated heterocycles. The van der Waals surface area contributed by atoms with Crippen molar-refractivity contribution >= 4 is 46.7 Å². The van der Waals surface area contributed by atoms with Gasteiger partial charge in [0.25, 0.3) is 5.91 Å². The minimum atomic E-state index is -0.365. The number of hydrazone groups is 2. The summed E-state index contributed by atoms with van der Waals surface area (Å²) >= 11 is 5.89. The van der Waals surface area contributed by atoms with E-state index in [0.717, 1.165) is 38.7 Å². The zero-order chi connectivity index (χ0) is 27.0.